The second-order valence-corrected chi connectivity index (χ2v) is 8.62. The van der Waals surface area contributed by atoms with Gasteiger partial charge in [0.05, 0.1) is 18.8 Å². The Morgan fingerprint density at radius 1 is 1.19 bits per heavy atom. The molecule has 2 aromatic rings. The standard InChI is InChI=1S/C21H27N3OS/c1-16(25)24(20-9-3-2-4-10-20)21-22-19(15-26-21)14-23-12-11-17-7-5-6-8-18(17)13-23/h2-4,9-10,15,17-18H,5-8,11-14H2,1H3/p+1/t17-,18+/m0/s1. The summed E-state index contributed by atoms with van der Waals surface area (Å²) < 4.78 is 0. The second kappa shape index (κ2) is 7.89. The number of quaternary nitrogens is 1. The van der Waals surface area contributed by atoms with Crippen LogP contribution in [0, 0.1) is 11.8 Å². The van der Waals surface area contributed by atoms with Crippen molar-refractivity contribution >= 4 is 28.1 Å². The Morgan fingerprint density at radius 3 is 2.73 bits per heavy atom. The number of nitrogens with zero attached hydrogens (tertiary/aromatic N) is 2. The minimum atomic E-state index is 0.00691. The van der Waals surface area contributed by atoms with Gasteiger partial charge in [-0.2, -0.15) is 0 Å². The van der Waals surface area contributed by atoms with E-state index >= 15 is 0 Å². The first kappa shape index (κ1) is 17.7. The largest absolute Gasteiger partial charge is 0.330 e. The minimum Gasteiger partial charge on any atom is -0.330 e. The van der Waals surface area contributed by atoms with E-state index in [1.54, 1.807) is 28.1 Å². The van der Waals surface area contributed by atoms with Crippen molar-refractivity contribution in [2.75, 3.05) is 18.0 Å². The first-order valence-electron chi connectivity index (χ1n) is 9.84. The number of para-hydroxylation sites is 1. The molecule has 1 aliphatic heterocycles. The third kappa shape index (κ3) is 3.84. The Hall–Kier alpha value is -1.72. The van der Waals surface area contributed by atoms with Crippen molar-refractivity contribution in [2.24, 2.45) is 11.8 Å². The molecule has 0 bridgehead atoms. The smallest absolute Gasteiger partial charge is 0.230 e. The molecule has 4 nitrogen and oxygen atoms in total. The highest BCUT2D eigenvalue weighted by Gasteiger charge is 2.33. The summed E-state index contributed by atoms with van der Waals surface area (Å²) in [6.07, 6.45) is 7.10. The zero-order valence-corrected chi connectivity index (χ0v) is 16.3. The lowest BCUT2D eigenvalue weighted by atomic mass is 9.75. The summed E-state index contributed by atoms with van der Waals surface area (Å²) >= 11 is 1.57. The van der Waals surface area contributed by atoms with E-state index in [1.165, 1.54) is 45.2 Å². The zero-order valence-electron chi connectivity index (χ0n) is 15.5. The van der Waals surface area contributed by atoms with Crippen molar-refractivity contribution in [3.05, 3.63) is 41.4 Å². The maximum atomic E-state index is 12.2. The molecule has 1 saturated heterocycles. The van der Waals surface area contributed by atoms with Crippen molar-refractivity contribution in [2.45, 2.75) is 45.6 Å². The van der Waals surface area contributed by atoms with Crippen LogP contribution < -0.4 is 9.80 Å². The Kier molecular flexibility index (Phi) is 5.36. The quantitative estimate of drug-likeness (QED) is 0.895. The number of hydrogen-bond donors (Lipinski definition) is 1. The molecule has 2 aliphatic rings. The normalized spacial score (nSPS) is 25.5. The van der Waals surface area contributed by atoms with Gasteiger partial charge >= 0.3 is 0 Å². The highest BCUT2D eigenvalue weighted by molar-refractivity contribution is 7.14. The van der Waals surface area contributed by atoms with Gasteiger partial charge in [-0.15, -0.1) is 11.3 Å². The molecule has 2 heterocycles. The predicted molar refractivity (Wildman–Crippen MR) is 106 cm³/mol. The van der Waals surface area contributed by atoms with Gasteiger partial charge in [0.1, 0.15) is 12.2 Å². The van der Waals surface area contributed by atoms with E-state index in [-0.39, 0.29) is 5.91 Å². The van der Waals surface area contributed by atoms with E-state index in [4.69, 9.17) is 4.98 Å². The molecule has 4 rings (SSSR count). The fourth-order valence-corrected chi connectivity index (χ4v) is 5.58. The van der Waals surface area contributed by atoms with Gasteiger partial charge < -0.3 is 4.90 Å². The van der Waals surface area contributed by atoms with Crippen molar-refractivity contribution in [3.8, 4) is 0 Å². The lowest BCUT2D eigenvalue weighted by Gasteiger charge is -2.38. The molecule has 3 atom stereocenters. The summed E-state index contributed by atoms with van der Waals surface area (Å²) in [5.74, 6) is 1.90. The Bertz CT molecular complexity index is 745. The summed E-state index contributed by atoms with van der Waals surface area (Å²) in [6.45, 7) is 5.16. The molecule has 0 spiro atoms. The maximum absolute atomic E-state index is 12.2. The fourth-order valence-electron chi connectivity index (χ4n) is 4.70. The number of thiazole rings is 1. The van der Waals surface area contributed by atoms with Crippen LogP contribution in [0.1, 0.15) is 44.7 Å². The number of nitrogens with one attached hydrogen (secondary N) is 1. The van der Waals surface area contributed by atoms with Gasteiger partial charge in [-0.1, -0.05) is 31.0 Å². The summed E-state index contributed by atoms with van der Waals surface area (Å²) in [6, 6.07) is 9.80. The van der Waals surface area contributed by atoms with Crippen LogP contribution in [-0.4, -0.2) is 24.0 Å². The van der Waals surface area contributed by atoms with Crippen LogP contribution in [0.25, 0.3) is 0 Å². The number of carbonyl (C=O) groups is 1. The predicted octanol–water partition coefficient (Wildman–Crippen LogP) is 3.42. The van der Waals surface area contributed by atoms with Gasteiger partial charge in [-0.25, -0.2) is 4.98 Å². The average molecular weight is 371 g/mol. The number of amides is 1. The number of aromatic nitrogens is 1. The molecule has 26 heavy (non-hydrogen) atoms. The highest BCUT2D eigenvalue weighted by Crippen LogP contribution is 2.33. The maximum Gasteiger partial charge on any atom is 0.230 e. The minimum absolute atomic E-state index is 0.00691. The Labute approximate surface area is 159 Å². The van der Waals surface area contributed by atoms with Crippen molar-refractivity contribution < 1.29 is 9.69 Å². The molecule has 0 radical (unpaired) electrons. The fraction of sp³-hybridized carbons (Fsp3) is 0.524. The number of rotatable bonds is 4. The van der Waals surface area contributed by atoms with E-state index in [9.17, 15) is 4.79 Å². The first-order chi connectivity index (χ1) is 12.7. The summed E-state index contributed by atoms with van der Waals surface area (Å²) in [5.41, 5.74) is 2.01. The Morgan fingerprint density at radius 2 is 1.96 bits per heavy atom. The van der Waals surface area contributed by atoms with E-state index < -0.39 is 0 Å². The molecule has 1 aromatic carbocycles. The van der Waals surface area contributed by atoms with Crippen LogP contribution in [0.3, 0.4) is 0 Å². The highest BCUT2D eigenvalue weighted by atomic mass is 32.1. The van der Waals surface area contributed by atoms with E-state index in [2.05, 4.69) is 5.38 Å². The van der Waals surface area contributed by atoms with E-state index in [0.29, 0.717) is 0 Å². The molecule has 1 unspecified atom stereocenters. The lowest BCUT2D eigenvalue weighted by molar-refractivity contribution is -0.924. The molecule has 1 aliphatic carbocycles. The van der Waals surface area contributed by atoms with E-state index in [0.717, 1.165) is 34.9 Å². The van der Waals surface area contributed by atoms with Crippen LogP contribution in [0.4, 0.5) is 10.8 Å². The van der Waals surface area contributed by atoms with Gasteiger partial charge in [-0.3, -0.25) is 9.69 Å². The molecular formula is C21H28N3OS+. The van der Waals surface area contributed by atoms with Crippen LogP contribution >= 0.6 is 11.3 Å². The molecule has 138 valence electrons. The molecule has 2 fully saturated rings. The number of hydrogen-bond acceptors (Lipinski definition) is 3. The third-order valence-electron chi connectivity index (χ3n) is 5.98. The summed E-state index contributed by atoms with van der Waals surface area (Å²) in [7, 11) is 0. The average Bonchev–Trinajstić information content (AvgIpc) is 3.10. The molecule has 1 N–H and O–H groups in total. The van der Waals surface area contributed by atoms with Crippen LogP contribution in [0.2, 0.25) is 0 Å². The van der Waals surface area contributed by atoms with Crippen molar-refractivity contribution in [1.29, 1.82) is 0 Å². The number of fused-ring (bicyclic) bond motifs is 1. The van der Waals surface area contributed by atoms with Crippen LogP contribution in [0.15, 0.2) is 35.7 Å². The molecule has 1 aromatic heterocycles. The van der Waals surface area contributed by atoms with Gasteiger partial charge in [0.25, 0.3) is 0 Å². The zero-order chi connectivity index (χ0) is 17.9. The molecule has 1 amide bonds. The number of carbonyl (C=O) groups excluding carboxylic acids is 1. The SMILES string of the molecule is CC(=O)N(c1ccccc1)c1nc(C[NH+]2CC[C@@H]3CCCC[C@@H]3C2)cs1. The number of likely N-dealkylation sites (tertiary alicyclic amines) is 1. The van der Waals surface area contributed by atoms with Crippen LogP contribution in [-0.2, 0) is 11.3 Å². The van der Waals surface area contributed by atoms with Gasteiger partial charge in [0, 0.05) is 18.2 Å². The first-order valence-corrected chi connectivity index (χ1v) is 10.7. The molecule has 1 saturated carbocycles. The summed E-state index contributed by atoms with van der Waals surface area (Å²) in [5, 5.41) is 2.92. The lowest BCUT2D eigenvalue weighted by Crippen LogP contribution is -3.12. The Balaban J connectivity index is 1.45. The number of benzene rings is 1. The summed E-state index contributed by atoms with van der Waals surface area (Å²) in [4.78, 5) is 20.4. The van der Waals surface area contributed by atoms with Crippen LogP contribution in [0.5, 0.6) is 0 Å². The number of anilines is 2. The van der Waals surface area contributed by atoms with Gasteiger partial charge in [0.15, 0.2) is 5.13 Å². The van der Waals surface area contributed by atoms with Crippen molar-refractivity contribution in [1.82, 2.24) is 4.98 Å². The second-order valence-electron chi connectivity index (χ2n) is 7.79. The monoisotopic (exact) mass is 370 g/mol. The van der Waals surface area contributed by atoms with E-state index in [1.807, 2.05) is 30.3 Å². The van der Waals surface area contributed by atoms with Gasteiger partial charge in [0.2, 0.25) is 5.91 Å². The molecular weight excluding hydrogens is 342 g/mol. The van der Waals surface area contributed by atoms with Crippen molar-refractivity contribution in [3.63, 3.8) is 0 Å². The molecule has 5 heteroatoms. The third-order valence-corrected chi connectivity index (χ3v) is 6.85. The van der Waals surface area contributed by atoms with Gasteiger partial charge in [-0.05, 0) is 37.3 Å². The number of piperidine rings is 1. The topological polar surface area (TPSA) is 37.6 Å².